The normalized spacial score (nSPS) is 16.2. The Labute approximate surface area is 140 Å². The first-order valence-corrected chi connectivity index (χ1v) is 8.32. The zero-order chi connectivity index (χ0) is 16.9. The standard InChI is InChI=1S/C17H22FN5O/c1-13(14-6-2-3-7-15(14)18)23-12-16(20-21-23)17(24)19-8-11-22-9-4-5-10-22/h2-3,6-7,12-13H,4-5,8-11H2,1H3,(H,19,24)/t13-/m1/s1. The van der Waals surface area contributed by atoms with Crippen LogP contribution in [0.25, 0.3) is 0 Å². The van der Waals surface area contributed by atoms with Crippen molar-refractivity contribution < 1.29 is 9.18 Å². The topological polar surface area (TPSA) is 63.1 Å². The van der Waals surface area contributed by atoms with Gasteiger partial charge in [-0.15, -0.1) is 5.10 Å². The van der Waals surface area contributed by atoms with Crippen molar-refractivity contribution in [3.05, 3.63) is 47.5 Å². The van der Waals surface area contributed by atoms with Gasteiger partial charge in [0.15, 0.2) is 5.69 Å². The zero-order valence-electron chi connectivity index (χ0n) is 13.8. The van der Waals surface area contributed by atoms with Crippen LogP contribution >= 0.6 is 0 Å². The van der Waals surface area contributed by atoms with Crippen LogP contribution in [0.5, 0.6) is 0 Å². The van der Waals surface area contributed by atoms with Crippen LogP contribution in [-0.2, 0) is 0 Å². The second-order valence-corrected chi connectivity index (χ2v) is 6.09. The minimum Gasteiger partial charge on any atom is -0.349 e. The molecule has 0 unspecified atom stereocenters. The number of nitrogens with zero attached hydrogens (tertiary/aromatic N) is 4. The van der Waals surface area contributed by atoms with Gasteiger partial charge in [-0.05, 0) is 38.9 Å². The van der Waals surface area contributed by atoms with Gasteiger partial charge >= 0.3 is 0 Å². The molecule has 3 rings (SSSR count). The molecule has 1 atom stereocenters. The van der Waals surface area contributed by atoms with Crippen molar-refractivity contribution in [3.63, 3.8) is 0 Å². The Morgan fingerprint density at radius 2 is 2.08 bits per heavy atom. The number of hydrogen-bond acceptors (Lipinski definition) is 4. The molecule has 24 heavy (non-hydrogen) atoms. The SMILES string of the molecule is C[C@H](c1ccccc1F)n1cc(C(=O)NCCN2CCCC2)nn1. The van der Waals surface area contributed by atoms with Crippen LogP contribution in [0.15, 0.2) is 30.5 Å². The van der Waals surface area contributed by atoms with Gasteiger partial charge < -0.3 is 10.2 Å². The van der Waals surface area contributed by atoms with E-state index in [1.54, 1.807) is 24.4 Å². The lowest BCUT2D eigenvalue weighted by Gasteiger charge is -2.14. The van der Waals surface area contributed by atoms with E-state index in [2.05, 4.69) is 20.5 Å². The molecule has 1 N–H and O–H groups in total. The Hall–Kier alpha value is -2.28. The summed E-state index contributed by atoms with van der Waals surface area (Å²) in [5.41, 5.74) is 0.767. The van der Waals surface area contributed by atoms with E-state index in [1.807, 2.05) is 6.92 Å². The van der Waals surface area contributed by atoms with Crippen molar-refractivity contribution in [3.8, 4) is 0 Å². The van der Waals surface area contributed by atoms with Crippen LogP contribution < -0.4 is 5.32 Å². The van der Waals surface area contributed by atoms with Crippen LogP contribution in [0, 0.1) is 5.82 Å². The number of halogens is 1. The predicted octanol–water partition coefficient (Wildman–Crippen LogP) is 1.85. The van der Waals surface area contributed by atoms with Gasteiger partial charge in [-0.2, -0.15) is 0 Å². The molecule has 0 aliphatic carbocycles. The highest BCUT2D eigenvalue weighted by atomic mass is 19.1. The average Bonchev–Trinajstić information content (AvgIpc) is 3.26. The summed E-state index contributed by atoms with van der Waals surface area (Å²) in [5.74, 6) is -0.543. The van der Waals surface area contributed by atoms with E-state index >= 15 is 0 Å². The Morgan fingerprint density at radius 1 is 1.33 bits per heavy atom. The maximum atomic E-state index is 13.9. The first kappa shape index (κ1) is 16.6. The molecule has 1 saturated heterocycles. The third-order valence-corrected chi connectivity index (χ3v) is 4.41. The zero-order valence-corrected chi connectivity index (χ0v) is 13.8. The average molecular weight is 331 g/mol. The summed E-state index contributed by atoms with van der Waals surface area (Å²) in [7, 11) is 0. The molecule has 1 amide bonds. The van der Waals surface area contributed by atoms with Gasteiger partial charge in [0, 0.05) is 18.7 Å². The molecule has 1 aliphatic heterocycles. The molecule has 6 nitrogen and oxygen atoms in total. The van der Waals surface area contributed by atoms with Gasteiger partial charge in [-0.1, -0.05) is 23.4 Å². The van der Waals surface area contributed by atoms with Crippen molar-refractivity contribution in [1.29, 1.82) is 0 Å². The third-order valence-electron chi connectivity index (χ3n) is 4.41. The van der Waals surface area contributed by atoms with Gasteiger partial charge in [0.25, 0.3) is 5.91 Å². The molecule has 1 aromatic carbocycles. The number of benzene rings is 1. The molecule has 128 valence electrons. The van der Waals surface area contributed by atoms with Gasteiger partial charge in [-0.25, -0.2) is 9.07 Å². The number of hydrogen-bond donors (Lipinski definition) is 1. The molecular formula is C17H22FN5O. The van der Waals surface area contributed by atoms with Crippen molar-refractivity contribution in [2.24, 2.45) is 0 Å². The second kappa shape index (κ2) is 7.53. The Kier molecular flexibility index (Phi) is 5.20. The molecule has 7 heteroatoms. The molecular weight excluding hydrogens is 309 g/mol. The lowest BCUT2D eigenvalue weighted by molar-refractivity contribution is 0.0944. The van der Waals surface area contributed by atoms with Crippen molar-refractivity contribution in [1.82, 2.24) is 25.2 Å². The number of aromatic nitrogens is 3. The Bertz CT molecular complexity index is 696. The van der Waals surface area contributed by atoms with Crippen LogP contribution in [0.4, 0.5) is 4.39 Å². The van der Waals surface area contributed by atoms with E-state index in [9.17, 15) is 9.18 Å². The number of carbonyl (C=O) groups is 1. The van der Waals surface area contributed by atoms with E-state index in [-0.39, 0.29) is 23.5 Å². The summed E-state index contributed by atoms with van der Waals surface area (Å²) in [6.07, 6.45) is 4.02. The molecule has 0 radical (unpaired) electrons. The monoisotopic (exact) mass is 331 g/mol. The highest BCUT2D eigenvalue weighted by Gasteiger charge is 2.17. The van der Waals surface area contributed by atoms with Gasteiger partial charge in [0.05, 0.1) is 12.2 Å². The molecule has 0 bridgehead atoms. The first-order chi connectivity index (χ1) is 11.6. The lowest BCUT2D eigenvalue weighted by Crippen LogP contribution is -2.33. The maximum absolute atomic E-state index is 13.9. The van der Waals surface area contributed by atoms with Gasteiger partial charge in [-0.3, -0.25) is 4.79 Å². The highest BCUT2D eigenvalue weighted by Crippen LogP contribution is 2.19. The largest absolute Gasteiger partial charge is 0.349 e. The number of carbonyl (C=O) groups excluding carboxylic acids is 1. The van der Waals surface area contributed by atoms with Crippen LogP contribution in [0.2, 0.25) is 0 Å². The number of likely N-dealkylation sites (tertiary alicyclic amines) is 1. The van der Waals surface area contributed by atoms with E-state index in [0.717, 1.165) is 19.6 Å². The summed E-state index contributed by atoms with van der Waals surface area (Å²) in [6.45, 7) is 5.47. The fourth-order valence-electron chi connectivity index (χ4n) is 2.95. The highest BCUT2D eigenvalue weighted by molar-refractivity contribution is 5.91. The quantitative estimate of drug-likeness (QED) is 0.877. The minimum absolute atomic E-state index is 0.249. The van der Waals surface area contributed by atoms with E-state index in [4.69, 9.17) is 0 Å². The minimum atomic E-state index is -0.329. The van der Waals surface area contributed by atoms with Gasteiger partial charge in [0.2, 0.25) is 0 Å². The lowest BCUT2D eigenvalue weighted by atomic mass is 10.1. The Balaban J connectivity index is 1.58. The molecule has 0 saturated carbocycles. The summed E-state index contributed by atoms with van der Waals surface area (Å²) >= 11 is 0. The van der Waals surface area contributed by atoms with E-state index < -0.39 is 0 Å². The Morgan fingerprint density at radius 3 is 2.83 bits per heavy atom. The third kappa shape index (κ3) is 3.79. The summed E-state index contributed by atoms with van der Waals surface area (Å²) in [6, 6.07) is 6.21. The molecule has 0 spiro atoms. The van der Waals surface area contributed by atoms with E-state index in [1.165, 1.54) is 23.6 Å². The van der Waals surface area contributed by atoms with Crippen LogP contribution in [0.3, 0.4) is 0 Å². The first-order valence-electron chi connectivity index (χ1n) is 8.32. The summed E-state index contributed by atoms with van der Waals surface area (Å²) in [5, 5.41) is 10.7. The summed E-state index contributed by atoms with van der Waals surface area (Å²) < 4.78 is 15.4. The smallest absolute Gasteiger partial charge is 0.273 e. The molecule has 1 aliphatic rings. The number of amides is 1. The molecule has 2 aromatic rings. The number of rotatable bonds is 6. The van der Waals surface area contributed by atoms with Crippen LogP contribution in [0.1, 0.15) is 41.9 Å². The number of nitrogens with one attached hydrogen (secondary N) is 1. The van der Waals surface area contributed by atoms with Crippen molar-refractivity contribution in [2.75, 3.05) is 26.2 Å². The van der Waals surface area contributed by atoms with E-state index in [0.29, 0.717) is 12.1 Å². The van der Waals surface area contributed by atoms with Gasteiger partial charge in [0.1, 0.15) is 5.82 Å². The second-order valence-electron chi connectivity index (χ2n) is 6.09. The van der Waals surface area contributed by atoms with Crippen molar-refractivity contribution >= 4 is 5.91 Å². The fourth-order valence-corrected chi connectivity index (χ4v) is 2.95. The summed E-state index contributed by atoms with van der Waals surface area (Å²) in [4.78, 5) is 14.5. The molecule has 1 fully saturated rings. The molecule has 2 heterocycles. The van der Waals surface area contributed by atoms with Crippen LogP contribution in [-0.4, -0.2) is 52.0 Å². The maximum Gasteiger partial charge on any atom is 0.273 e. The molecule has 1 aromatic heterocycles. The fraction of sp³-hybridized carbons (Fsp3) is 0.471. The van der Waals surface area contributed by atoms with Crippen molar-refractivity contribution in [2.45, 2.75) is 25.8 Å². The predicted molar refractivity (Wildman–Crippen MR) is 88.2 cm³/mol.